The number of thiazole rings is 1. The summed E-state index contributed by atoms with van der Waals surface area (Å²) in [5, 5.41) is 0.446. The highest BCUT2D eigenvalue weighted by molar-refractivity contribution is 7.16. The highest BCUT2D eigenvalue weighted by Crippen LogP contribution is 2.28. The largest absolute Gasteiger partial charge is 0.469 e. The van der Waals surface area contributed by atoms with E-state index in [4.69, 9.17) is 4.74 Å². The van der Waals surface area contributed by atoms with Crippen molar-refractivity contribution in [3.05, 3.63) is 41.2 Å². The Kier molecular flexibility index (Phi) is 6.52. The van der Waals surface area contributed by atoms with Crippen LogP contribution in [0, 0.1) is 5.82 Å². The number of amides is 1. The van der Waals surface area contributed by atoms with Crippen LogP contribution in [0.4, 0.5) is 4.39 Å². The molecule has 0 bridgehead atoms. The standard InChI is InChI=1S/C19H21FN2O4S/c1-25-17(23)8-9-22(12-13-5-4-10-26-13)19(24)16-11-21-18(27-16)14-6-2-3-7-15(14)20/h2-3,6-7,11,13H,4-5,8-10,12H2,1H3. The number of hydrogen-bond acceptors (Lipinski definition) is 6. The molecule has 0 aliphatic carbocycles. The fourth-order valence-corrected chi connectivity index (χ4v) is 3.84. The fraction of sp³-hybridized carbons (Fsp3) is 0.421. The summed E-state index contributed by atoms with van der Waals surface area (Å²) in [6.45, 7) is 1.32. The summed E-state index contributed by atoms with van der Waals surface area (Å²) in [7, 11) is 1.32. The Labute approximate surface area is 160 Å². The second-order valence-electron chi connectivity index (χ2n) is 6.22. The lowest BCUT2D eigenvalue weighted by atomic mass is 10.2. The van der Waals surface area contributed by atoms with E-state index in [1.165, 1.54) is 19.4 Å². The van der Waals surface area contributed by atoms with Gasteiger partial charge in [0.25, 0.3) is 5.91 Å². The molecular weight excluding hydrogens is 371 g/mol. The molecule has 0 radical (unpaired) electrons. The first kappa shape index (κ1) is 19.4. The quantitative estimate of drug-likeness (QED) is 0.677. The molecule has 1 amide bonds. The summed E-state index contributed by atoms with van der Waals surface area (Å²) in [5.41, 5.74) is 0.363. The van der Waals surface area contributed by atoms with Crippen molar-refractivity contribution in [2.75, 3.05) is 26.8 Å². The zero-order valence-electron chi connectivity index (χ0n) is 15.0. The molecule has 3 rings (SSSR count). The maximum absolute atomic E-state index is 14.0. The van der Waals surface area contributed by atoms with Gasteiger partial charge in [-0.3, -0.25) is 9.59 Å². The molecule has 1 atom stereocenters. The van der Waals surface area contributed by atoms with E-state index in [0.717, 1.165) is 24.2 Å². The molecule has 27 heavy (non-hydrogen) atoms. The van der Waals surface area contributed by atoms with Crippen molar-refractivity contribution in [2.45, 2.75) is 25.4 Å². The number of rotatable bonds is 7. The van der Waals surface area contributed by atoms with Gasteiger partial charge in [-0.25, -0.2) is 9.37 Å². The highest BCUT2D eigenvalue weighted by Gasteiger charge is 2.25. The van der Waals surface area contributed by atoms with Crippen LogP contribution >= 0.6 is 11.3 Å². The minimum atomic E-state index is -0.382. The first-order valence-electron chi connectivity index (χ1n) is 8.77. The van der Waals surface area contributed by atoms with Gasteiger partial charge in [-0.2, -0.15) is 0 Å². The molecule has 1 fully saturated rings. The second kappa shape index (κ2) is 9.05. The molecule has 144 valence electrons. The number of nitrogens with zero attached hydrogens (tertiary/aromatic N) is 2. The van der Waals surface area contributed by atoms with Crippen LogP contribution < -0.4 is 0 Å². The van der Waals surface area contributed by atoms with Crippen LogP contribution in [0.25, 0.3) is 10.6 Å². The number of methoxy groups -OCH3 is 1. The molecular formula is C19H21FN2O4S. The SMILES string of the molecule is COC(=O)CCN(CC1CCCO1)C(=O)c1cnc(-c2ccccc2F)s1. The molecule has 1 aliphatic heterocycles. The number of halogens is 1. The molecule has 0 saturated carbocycles. The lowest BCUT2D eigenvalue weighted by Gasteiger charge is -2.24. The van der Waals surface area contributed by atoms with Gasteiger partial charge in [0.1, 0.15) is 15.7 Å². The predicted molar refractivity (Wildman–Crippen MR) is 99.0 cm³/mol. The minimum absolute atomic E-state index is 0.0365. The van der Waals surface area contributed by atoms with E-state index in [-0.39, 0.29) is 36.8 Å². The van der Waals surface area contributed by atoms with Crippen LogP contribution in [0.2, 0.25) is 0 Å². The molecule has 2 heterocycles. The van der Waals surface area contributed by atoms with Crippen molar-refractivity contribution in [1.82, 2.24) is 9.88 Å². The van der Waals surface area contributed by atoms with Crippen molar-refractivity contribution < 1.29 is 23.5 Å². The molecule has 1 saturated heterocycles. The van der Waals surface area contributed by atoms with Gasteiger partial charge in [-0.1, -0.05) is 12.1 Å². The molecule has 6 nitrogen and oxygen atoms in total. The Bertz CT molecular complexity index is 805. The molecule has 1 unspecified atom stereocenters. The Morgan fingerprint density at radius 1 is 1.41 bits per heavy atom. The Balaban J connectivity index is 1.76. The Morgan fingerprint density at radius 3 is 2.93 bits per heavy atom. The summed E-state index contributed by atoms with van der Waals surface area (Å²) in [4.78, 5) is 30.6. The molecule has 0 spiro atoms. The van der Waals surface area contributed by atoms with Crippen LogP contribution in [0.1, 0.15) is 28.9 Å². The normalized spacial score (nSPS) is 16.3. The summed E-state index contributed by atoms with van der Waals surface area (Å²) < 4.78 is 24.3. The minimum Gasteiger partial charge on any atom is -0.469 e. The Hall–Kier alpha value is -2.32. The van der Waals surface area contributed by atoms with Gasteiger partial charge in [-0.15, -0.1) is 11.3 Å². The average Bonchev–Trinajstić information content (AvgIpc) is 3.36. The topological polar surface area (TPSA) is 68.7 Å². The second-order valence-corrected chi connectivity index (χ2v) is 7.25. The zero-order chi connectivity index (χ0) is 19.2. The van der Waals surface area contributed by atoms with Crippen LogP contribution in [-0.4, -0.2) is 54.7 Å². The molecule has 1 aromatic heterocycles. The number of benzene rings is 1. The van der Waals surface area contributed by atoms with Crippen LogP contribution in [0.5, 0.6) is 0 Å². The van der Waals surface area contributed by atoms with E-state index < -0.39 is 0 Å². The molecule has 0 N–H and O–H groups in total. The van der Waals surface area contributed by atoms with Gasteiger partial charge in [0.15, 0.2) is 0 Å². The van der Waals surface area contributed by atoms with Crippen LogP contribution in [0.15, 0.2) is 30.5 Å². The highest BCUT2D eigenvalue weighted by atomic mass is 32.1. The maximum Gasteiger partial charge on any atom is 0.307 e. The number of hydrogen-bond donors (Lipinski definition) is 0. The summed E-state index contributed by atoms with van der Waals surface area (Å²) >= 11 is 1.14. The molecule has 2 aromatic rings. The lowest BCUT2D eigenvalue weighted by Crippen LogP contribution is -2.38. The van der Waals surface area contributed by atoms with Crippen molar-refractivity contribution in [1.29, 1.82) is 0 Å². The van der Waals surface area contributed by atoms with Crippen LogP contribution in [-0.2, 0) is 14.3 Å². The van der Waals surface area contributed by atoms with E-state index >= 15 is 0 Å². The van der Waals surface area contributed by atoms with Crippen molar-refractivity contribution in [3.8, 4) is 10.6 Å². The van der Waals surface area contributed by atoms with Gasteiger partial charge in [0, 0.05) is 25.3 Å². The summed E-state index contributed by atoms with van der Waals surface area (Å²) in [6, 6.07) is 6.32. The van der Waals surface area contributed by atoms with E-state index in [1.54, 1.807) is 23.1 Å². The van der Waals surface area contributed by atoms with Crippen molar-refractivity contribution in [2.24, 2.45) is 0 Å². The van der Waals surface area contributed by atoms with Gasteiger partial charge in [-0.05, 0) is 25.0 Å². The smallest absolute Gasteiger partial charge is 0.307 e. The van der Waals surface area contributed by atoms with Gasteiger partial charge >= 0.3 is 5.97 Å². The molecule has 1 aliphatic rings. The zero-order valence-corrected chi connectivity index (χ0v) is 15.8. The first-order chi connectivity index (χ1) is 13.1. The van der Waals surface area contributed by atoms with E-state index in [9.17, 15) is 14.0 Å². The van der Waals surface area contributed by atoms with Gasteiger partial charge in [0.2, 0.25) is 0 Å². The van der Waals surface area contributed by atoms with Gasteiger partial charge < -0.3 is 14.4 Å². The predicted octanol–water partition coefficient (Wildman–Crippen LogP) is 3.13. The van der Waals surface area contributed by atoms with E-state index in [0.29, 0.717) is 28.6 Å². The fourth-order valence-electron chi connectivity index (χ4n) is 2.93. The maximum atomic E-state index is 14.0. The summed E-state index contributed by atoms with van der Waals surface area (Å²) in [6.07, 6.45) is 3.36. The third kappa shape index (κ3) is 4.90. The summed E-state index contributed by atoms with van der Waals surface area (Å²) in [5.74, 6) is -1.00. The lowest BCUT2D eigenvalue weighted by molar-refractivity contribution is -0.140. The molecule has 1 aromatic carbocycles. The third-order valence-electron chi connectivity index (χ3n) is 4.37. The number of aromatic nitrogens is 1. The average molecular weight is 392 g/mol. The Morgan fingerprint density at radius 2 is 2.22 bits per heavy atom. The first-order valence-corrected chi connectivity index (χ1v) is 9.58. The number of esters is 1. The third-order valence-corrected chi connectivity index (χ3v) is 5.39. The number of carbonyl (C=O) groups excluding carboxylic acids is 2. The van der Waals surface area contributed by atoms with E-state index in [2.05, 4.69) is 9.72 Å². The van der Waals surface area contributed by atoms with Crippen molar-refractivity contribution in [3.63, 3.8) is 0 Å². The monoisotopic (exact) mass is 392 g/mol. The molecule has 8 heteroatoms. The van der Waals surface area contributed by atoms with Crippen LogP contribution in [0.3, 0.4) is 0 Å². The van der Waals surface area contributed by atoms with E-state index in [1.807, 2.05) is 0 Å². The van der Waals surface area contributed by atoms with Crippen molar-refractivity contribution >= 4 is 23.2 Å². The van der Waals surface area contributed by atoms with Gasteiger partial charge in [0.05, 0.1) is 25.8 Å². The number of ether oxygens (including phenoxy) is 2. The number of carbonyl (C=O) groups is 2.